The molecule has 3 heteroatoms. The smallest absolute Gasteiger partial charge is 0.335 e. The molecule has 0 aliphatic heterocycles. The highest BCUT2D eigenvalue weighted by Crippen LogP contribution is 2.42. The molecule has 3 nitrogen and oxygen atoms in total. The summed E-state index contributed by atoms with van der Waals surface area (Å²) in [5, 5.41) is 20.5. The van der Waals surface area contributed by atoms with Gasteiger partial charge in [-0.25, -0.2) is 4.79 Å². The quantitative estimate of drug-likeness (QED) is 0.605. The van der Waals surface area contributed by atoms with Gasteiger partial charge in [0.25, 0.3) is 0 Å². The molecule has 0 unspecified atom stereocenters. The highest BCUT2D eigenvalue weighted by Gasteiger charge is 2.26. The van der Waals surface area contributed by atoms with E-state index in [-0.39, 0.29) is 22.1 Å². The summed E-state index contributed by atoms with van der Waals surface area (Å²) in [7, 11) is 0. The number of hydrogen-bond donors (Lipinski definition) is 2. The number of unbranched alkanes of at least 4 members (excludes halogenated alkanes) is 1. The van der Waals surface area contributed by atoms with Crippen molar-refractivity contribution in [3.05, 3.63) is 52.6 Å². The molecular formula is C25H34O3. The summed E-state index contributed by atoms with van der Waals surface area (Å²) >= 11 is 0. The van der Waals surface area contributed by atoms with E-state index in [0.717, 1.165) is 29.5 Å². The van der Waals surface area contributed by atoms with Crippen LogP contribution in [0.3, 0.4) is 0 Å². The Kier molecular flexibility index (Phi) is 6.27. The molecule has 28 heavy (non-hydrogen) atoms. The van der Waals surface area contributed by atoms with Gasteiger partial charge >= 0.3 is 5.97 Å². The zero-order valence-corrected chi connectivity index (χ0v) is 18.3. The van der Waals surface area contributed by atoms with Gasteiger partial charge in [0.05, 0.1) is 5.56 Å². The third kappa shape index (κ3) is 4.57. The Labute approximate surface area is 169 Å². The van der Waals surface area contributed by atoms with Crippen LogP contribution in [0.2, 0.25) is 0 Å². The van der Waals surface area contributed by atoms with E-state index in [9.17, 15) is 15.0 Å². The fraction of sp³-hybridized carbons (Fsp3) is 0.480. The van der Waals surface area contributed by atoms with Gasteiger partial charge in [-0.3, -0.25) is 0 Å². The Morgan fingerprint density at radius 2 is 1.61 bits per heavy atom. The second kappa shape index (κ2) is 7.98. The zero-order chi connectivity index (χ0) is 21.3. The van der Waals surface area contributed by atoms with Gasteiger partial charge in [0.15, 0.2) is 0 Å². The molecule has 2 aromatic rings. The van der Waals surface area contributed by atoms with E-state index >= 15 is 0 Å². The predicted octanol–water partition coefficient (Wildman–Crippen LogP) is 6.70. The number of carboxylic acids is 1. The molecule has 2 N–H and O–H groups in total. The van der Waals surface area contributed by atoms with Crippen molar-refractivity contribution >= 4 is 5.97 Å². The van der Waals surface area contributed by atoms with Gasteiger partial charge in [-0.1, -0.05) is 73.1 Å². The lowest BCUT2D eigenvalue weighted by Gasteiger charge is -2.29. The van der Waals surface area contributed by atoms with Crippen molar-refractivity contribution < 1.29 is 15.0 Å². The van der Waals surface area contributed by atoms with Gasteiger partial charge in [-0.15, -0.1) is 0 Å². The maximum atomic E-state index is 11.9. The molecule has 0 aromatic heterocycles. The van der Waals surface area contributed by atoms with E-state index in [2.05, 4.69) is 66.7 Å². The average molecular weight is 383 g/mol. The van der Waals surface area contributed by atoms with Crippen LogP contribution in [-0.2, 0) is 17.3 Å². The first-order valence-corrected chi connectivity index (χ1v) is 10.1. The van der Waals surface area contributed by atoms with Gasteiger partial charge in [-0.05, 0) is 58.1 Å². The molecule has 2 aromatic carbocycles. The first-order chi connectivity index (χ1) is 12.9. The van der Waals surface area contributed by atoms with Crippen molar-refractivity contribution in [3.63, 3.8) is 0 Å². The lowest BCUT2D eigenvalue weighted by atomic mass is 9.76. The molecule has 0 heterocycles. The molecule has 0 radical (unpaired) electrons. The maximum Gasteiger partial charge on any atom is 0.335 e. The summed E-state index contributed by atoms with van der Waals surface area (Å²) in [4.78, 5) is 11.9. The molecule has 0 bridgehead atoms. The van der Waals surface area contributed by atoms with Crippen LogP contribution in [-0.4, -0.2) is 16.2 Å². The van der Waals surface area contributed by atoms with Crippen LogP contribution in [0, 0.1) is 0 Å². The minimum atomic E-state index is -0.948. The second-order valence-electron chi connectivity index (χ2n) is 9.65. The van der Waals surface area contributed by atoms with E-state index in [0.29, 0.717) is 12.0 Å². The van der Waals surface area contributed by atoms with Crippen molar-refractivity contribution in [2.45, 2.75) is 78.6 Å². The fourth-order valence-corrected chi connectivity index (χ4v) is 3.60. The minimum Gasteiger partial charge on any atom is -0.507 e. The van der Waals surface area contributed by atoms with Crippen molar-refractivity contribution in [1.82, 2.24) is 0 Å². The Bertz CT molecular complexity index is 865. The van der Waals surface area contributed by atoms with Crippen LogP contribution in [0.1, 0.15) is 88.4 Å². The number of aromatic hydroxyl groups is 1. The van der Waals surface area contributed by atoms with E-state index in [1.165, 1.54) is 17.7 Å². The Balaban J connectivity index is 2.87. The molecule has 0 aliphatic carbocycles. The molecular weight excluding hydrogens is 348 g/mol. The number of aromatic carboxylic acids is 1. The van der Waals surface area contributed by atoms with Crippen LogP contribution in [0.4, 0.5) is 0 Å². The predicted molar refractivity (Wildman–Crippen MR) is 117 cm³/mol. The maximum absolute atomic E-state index is 11.9. The first-order valence-electron chi connectivity index (χ1n) is 10.1. The average Bonchev–Trinajstić information content (AvgIpc) is 2.57. The lowest BCUT2D eigenvalue weighted by molar-refractivity contribution is 0.0695. The number of carboxylic acid groups (broad SMARTS) is 1. The van der Waals surface area contributed by atoms with Crippen LogP contribution >= 0.6 is 0 Å². The second-order valence-corrected chi connectivity index (χ2v) is 9.65. The van der Waals surface area contributed by atoms with E-state index < -0.39 is 5.97 Å². The number of phenols is 1. The van der Waals surface area contributed by atoms with Gasteiger partial charge in [0, 0.05) is 5.56 Å². The molecule has 0 amide bonds. The Morgan fingerprint density at radius 3 is 2.11 bits per heavy atom. The number of rotatable bonds is 5. The molecule has 152 valence electrons. The number of hydrogen-bond acceptors (Lipinski definition) is 2. The standard InChI is InChI=1S/C25H34O3/c1-8-9-10-17-18(23(27)28)13-14-21(26)22(17)19-12-11-16(24(2,3)4)15-20(19)25(5,6)7/h11-15,26H,8-10H2,1-7H3,(H,27,28). The third-order valence-corrected chi connectivity index (χ3v) is 5.26. The summed E-state index contributed by atoms with van der Waals surface area (Å²) < 4.78 is 0. The molecule has 0 saturated heterocycles. The van der Waals surface area contributed by atoms with Gasteiger partial charge < -0.3 is 10.2 Å². The topological polar surface area (TPSA) is 57.5 Å². The molecule has 0 saturated carbocycles. The molecule has 2 rings (SSSR count). The van der Waals surface area contributed by atoms with Crippen molar-refractivity contribution in [3.8, 4) is 16.9 Å². The van der Waals surface area contributed by atoms with Crippen LogP contribution in [0.5, 0.6) is 5.75 Å². The van der Waals surface area contributed by atoms with Crippen LogP contribution in [0.25, 0.3) is 11.1 Å². The Morgan fingerprint density at radius 1 is 0.964 bits per heavy atom. The highest BCUT2D eigenvalue weighted by atomic mass is 16.4. The molecule has 0 aliphatic rings. The zero-order valence-electron chi connectivity index (χ0n) is 18.3. The lowest BCUT2D eigenvalue weighted by Crippen LogP contribution is -2.18. The fourth-order valence-electron chi connectivity index (χ4n) is 3.60. The van der Waals surface area contributed by atoms with Gasteiger partial charge in [0.1, 0.15) is 5.75 Å². The van der Waals surface area contributed by atoms with Crippen LogP contribution in [0.15, 0.2) is 30.3 Å². The van der Waals surface area contributed by atoms with E-state index in [1.54, 1.807) is 0 Å². The normalized spacial score (nSPS) is 12.2. The van der Waals surface area contributed by atoms with E-state index in [1.807, 2.05) is 0 Å². The van der Waals surface area contributed by atoms with Crippen molar-refractivity contribution in [2.24, 2.45) is 0 Å². The van der Waals surface area contributed by atoms with Crippen molar-refractivity contribution in [2.75, 3.05) is 0 Å². The van der Waals surface area contributed by atoms with Gasteiger partial charge in [0.2, 0.25) is 0 Å². The summed E-state index contributed by atoms with van der Waals surface area (Å²) in [5.41, 5.74) is 4.80. The molecule has 0 fully saturated rings. The molecule has 0 spiro atoms. The summed E-state index contributed by atoms with van der Waals surface area (Å²) in [6.45, 7) is 15.1. The number of carbonyl (C=O) groups is 1. The number of phenolic OH excluding ortho intramolecular Hbond substituents is 1. The van der Waals surface area contributed by atoms with Crippen LogP contribution < -0.4 is 0 Å². The SMILES string of the molecule is CCCCc1c(C(=O)O)ccc(O)c1-c1ccc(C(C)(C)C)cc1C(C)(C)C. The highest BCUT2D eigenvalue weighted by molar-refractivity contribution is 5.94. The summed E-state index contributed by atoms with van der Waals surface area (Å²) in [6.07, 6.45) is 2.47. The monoisotopic (exact) mass is 382 g/mol. The molecule has 0 atom stereocenters. The minimum absolute atomic E-state index is 0.00846. The van der Waals surface area contributed by atoms with Crippen molar-refractivity contribution in [1.29, 1.82) is 0 Å². The Hall–Kier alpha value is -2.29. The first kappa shape index (κ1) is 22.0. The summed E-state index contributed by atoms with van der Waals surface area (Å²) in [6, 6.07) is 9.40. The summed E-state index contributed by atoms with van der Waals surface area (Å²) in [5.74, 6) is -0.805. The van der Waals surface area contributed by atoms with E-state index in [4.69, 9.17) is 0 Å². The number of benzene rings is 2. The largest absolute Gasteiger partial charge is 0.507 e. The van der Waals surface area contributed by atoms with Gasteiger partial charge in [-0.2, -0.15) is 0 Å². The third-order valence-electron chi connectivity index (χ3n) is 5.26.